The lowest BCUT2D eigenvalue weighted by atomic mass is 10.0. The maximum absolute atomic E-state index is 9.18. The van der Waals surface area contributed by atoms with Crippen LogP contribution in [0.15, 0.2) is 30.4 Å². The minimum Gasteiger partial charge on any atom is -0.490 e. The van der Waals surface area contributed by atoms with Crippen LogP contribution in [0.2, 0.25) is 0 Å². The molecule has 2 N–H and O–H groups in total. The van der Waals surface area contributed by atoms with Gasteiger partial charge in [-0.3, -0.25) is 0 Å². The number of rotatable bonds is 4. The summed E-state index contributed by atoms with van der Waals surface area (Å²) in [5.74, 6) is 1.97. The van der Waals surface area contributed by atoms with Crippen LogP contribution in [0.4, 0.5) is 0 Å². The van der Waals surface area contributed by atoms with Crippen molar-refractivity contribution in [3.8, 4) is 11.5 Å². The van der Waals surface area contributed by atoms with Crippen LogP contribution in [0, 0.1) is 5.92 Å². The van der Waals surface area contributed by atoms with Gasteiger partial charge in [-0.05, 0) is 31.0 Å². The standard InChI is InChI=1S/C17H23NO3/c1-12(18-15-5-3-13(9-15)11-19)14-4-6-16-17(10-14)21-8-2-7-20-16/h3-6,10,12-13,15,18-19H,2,7-9,11H2,1H3/t12-,13+,15-/m1/s1. The summed E-state index contributed by atoms with van der Waals surface area (Å²) >= 11 is 0. The van der Waals surface area contributed by atoms with Crippen LogP contribution in [-0.4, -0.2) is 31.0 Å². The summed E-state index contributed by atoms with van der Waals surface area (Å²) in [5, 5.41) is 12.8. The second-order valence-electron chi connectivity index (χ2n) is 5.81. The predicted octanol–water partition coefficient (Wildman–Crippen LogP) is 2.44. The number of aliphatic hydroxyl groups excluding tert-OH is 1. The SMILES string of the molecule is C[C@@H](N[C@@H]1C=C[C@H](CO)C1)c1ccc2c(c1)OCCCO2. The van der Waals surface area contributed by atoms with Gasteiger partial charge in [0.2, 0.25) is 0 Å². The highest BCUT2D eigenvalue weighted by Crippen LogP contribution is 2.32. The molecular formula is C17H23NO3. The van der Waals surface area contributed by atoms with Gasteiger partial charge in [0.05, 0.1) is 13.2 Å². The quantitative estimate of drug-likeness (QED) is 0.836. The molecule has 21 heavy (non-hydrogen) atoms. The lowest BCUT2D eigenvalue weighted by Gasteiger charge is -2.20. The molecule has 114 valence electrons. The Morgan fingerprint density at radius 1 is 1.24 bits per heavy atom. The normalized spacial score (nSPS) is 25.6. The Labute approximate surface area is 125 Å². The molecule has 0 fully saturated rings. The number of benzene rings is 1. The van der Waals surface area contributed by atoms with Gasteiger partial charge < -0.3 is 19.9 Å². The zero-order chi connectivity index (χ0) is 14.7. The monoisotopic (exact) mass is 289 g/mol. The van der Waals surface area contributed by atoms with Crippen LogP contribution < -0.4 is 14.8 Å². The van der Waals surface area contributed by atoms with Crippen molar-refractivity contribution in [3.63, 3.8) is 0 Å². The minimum absolute atomic E-state index is 0.229. The van der Waals surface area contributed by atoms with Gasteiger partial charge in [0.15, 0.2) is 11.5 Å². The molecule has 0 spiro atoms. The Morgan fingerprint density at radius 3 is 2.81 bits per heavy atom. The van der Waals surface area contributed by atoms with E-state index in [9.17, 15) is 5.11 Å². The molecule has 0 saturated heterocycles. The number of aliphatic hydroxyl groups is 1. The number of fused-ring (bicyclic) bond motifs is 1. The first kappa shape index (κ1) is 14.4. The largest absolute Gasteiger partial charge is 0.490 e. The highest BCUT2D eigenvalue weighted by Gasteiger charge is 2.21. The molecular weight excluding hydrogens is 266 g/mol. The molecule has 0 bridgehead atoms. The van der Waals surface area contributed by atoms with Crippen LogP contribution >= 0.6 is 0 Å². The zero-order valence-corrected chi connectivity index (χ0v) is 12.4. The Morgan fingerprint density at radius 2 is 2.05 bits per heavy atom. The summed E-state index contributed by atoms with van der Waals surface area (Å²) in [6.07, 6.45) is 6.14. The van der Waals surface area contributed by atoms with Gasteiger partial charge in [-0.2, -0.15) is 0 Å². The van der Waals surface area contributed by atoms with Gasteiger partial charge in [-0.1, -0.05) is 18.2 Å². The average Bonchev–Trinajstić information content (AvgIpc) is 2.82. The maximum Gasteiger partial charge on any atom is 0.161 e. The fraction of sp³-hybridized carbons (Fsp3) is 0.529. The molecule has 1 aliphatic heterocycles. The van der Waals surface area contributed by atoms with Crippen molar-refractivity contribution in [2.24, 2.45) is 5.92 Å². The molecule has 1 aromatic carbocycles. The lowest BCUT2D eigenvalue weighted by molar-refractivity contribution is 0.245. The van der Waals surface area contributed by atoms with Crippen LogP contribution in [0.25, 0.3) is 0 Å². The first-order chi connectivity index (χ1) is 10.3. The van der Waals surface area contributed by atoms with E-state index in [1.807, 2.05) is 6.07 Å². The molecule has 4 heteroatoms. The lowest BCUT2D eigenvalue weighted by Crippen LogP contribution is -2.29. The van der Waals surface area contributed by atoms with Crippen molar-refractivity contribution in [2.75, 3.05) is 19.8 Å². The van der Waals surface area contributed by atoms with E-state index >= 15 is 0 Å². The first-order valence-electron chi connectivity index (χ1n) is 7.71. The molecule has 0 amide bonds. The Kier molecular flexibility index (Phi) is 4.46. The molecule has 4 nitrogen and oxygen atoms in total. The third kappa shape index (κ3) is 3.39. The number of ether oxygens (including phenoxy) is 2. The van der Waals surface area contributed by atoms with Gasteiger partial charge in [0.1, 0.15) is 0 Å². The van der Waals surface area contributed by atoms with Crippen molar-refractivity contribution >= 4 is 0 Å². The van der Waals surface area contributed by atoms with E-state index in [0.717, 1.165) is 30.9 Å². The fourth-order valence-electron chi connectivity index (χ4n) is 2.90. The second kappa shape index (κ2) is 6.50. The highest BCUT2D eigenvalue weighted by atomic mass is 16.5. The summed E-state index contributed by atoms with van der Waals surface area (Å²) in [4.78, 5) is 0. The third-order valence-electron chi connectivity index (χ3n) is 4.14. The smallest absolute Gasteiger partial charge is 0.161 e. The van der Waals surface area contributed by atoms with Crippen molar-refractivity contribution in [2.45, 2.75) is 31.8 Å². The summed E-state index contributed by atoms with van der Waals surface area (Å²) in [5.41, 5.74) is 1.19. The van der Waals surface area contributed by atoms with Gasteiger partial charge in [-0.25, -0.2) is 0 Å². The van der Waals surface area contributed by atoms with Crippen LogP contribution in [-0.2, 0) is 0 Å². The van der Waals surface area contributed by atoms with Crippen molar-refractivity contribution in [1.82, 2.24) is 5.32 Å². The summed E-state index contributed by atoms with van der Waals surface area (Å²) in [6.45, 7) is 3.81. The molecule has 0 unspecified atom stereocenters. The summed E-state index contributed by atoms with van der Waals surface area (Å²) < 4.78 is 11.4. The second-order valence-corrected chi connectivity index (χ2v) is 5.81. The van der Waals surface area contributed by atoms with Crippen LogP contribution in [0.3, 0.4) is 0 Å². The van der Waals surface area contributed by atoms with Crippen molar-refractivity contribution in [1.29, 1.82) is 0 Å². The molecule has 1 heterocycles. The molecule has 0 aromatic heterocycles. The molecule has 3 rings (SSSR count). The fourth-order valence-corrected chi connectivity index (χ4v) is 2.90. The predicted molar refractivity (Wildman–Crippen MR) is 81.7 cm³/mol. The molecule has 1 aromatic rings. The first-order valence-corrected chi connectivity index (χ1v) is 7.71. The van der Waals surface area contributed by atoms with E-state index in [4.69, 9.17) is 9.47 Å². The Bertz CT molecular complexity index is 515. The van der Waals surface area contributed by atoms with E-state index in [0.29, 0.717) is 18.6 Å². The zero-order valence-electron chi connectivity index (χ0n) is 12.4. The highest BCUT2D eigenvalue weighted by molar-refractivity contribution is 5.44. The van der Waals surface area contributed by atoms with Crippen molar-refractivity contribution in [3.05, 3.63) is 35.9 Å². The Hall–Kier alpha value is -1.52. The topological polar surface area (TPSA) is 50.7 Å². The van der Waals surface area contributed by atoms with E-state index in [1.165, 1.54) is 5.56 Å². The number of hydrogen-bond donors (Lipinski definition) is 2. The molecule has 3 atom stereocenters. The van der Waals surface area contributed by atoms with Gasteiger partial charge in [0.25, 0.3) is 0 Å². The molecule has 0 saturated carbocycles. The third-order valence-corrected chi connectivity index (χ3v) is 4.14. The van der Waals surface area contributed by atoms with Gasteiger partial charge >= 0.3 is 0 Å². The summed E-state index contributed by atoms with van der Waals surface area (Å²) in [7, 11) is 0. The average molecular weight is 289 g/mol. The van der Waals surface area contributed by atoms with E-state index < -0.39 is 0 Å². The number of nitrogens with one attached hydrogen (secondary N) is 1. The Balaban J connectivity index is 1.66. The van der Waals surface area contributed by atoms with E-state index in [2.05, 4.69) is 36.5 Å². The minimum atomic E-state index is 0.229. The van der Waals surface area contributed by atoms with Crippen LogP contribution in [0.1, 0.15) is 31.4 Å². The number of hydrogen-bond acceptors (Lipinski definition) is 4. The van der Waals surface area contributed by atoms with Crippen LogP contribution in [0.5, 0.6) is 11.5 Å². The summed E-state index contributed by atoms with van der Waals surface area (Å²) in [6, 6.07) is 6.71. The van der Waals surface area contributed by atoms with Gasteiger partial charge in [-0.15, -0.1) is 0 Å². The molecule has 1 aliphatic carbocycles. The molecule has 0 radical (unpaired) electrons. The van der Waals surface area contributed by atoms with E-state index in [-0.39, 0.29) is 12.6 Å². The maximum atomic E-state index is 9.18. The van der Waals surface area contributed by atoms with Gasteiger partial charge in [0, 0.05) is 31.0 Å². The van der Waals surface area contributed by atoms with Crippen molar-refractivity contribution < 1.29 is 14.6 Å². The molecule has 2 aliphatic rings. The van der Waals surface area contributed by atoms with E-state index in [1.54, 1.807) is 0 Å².